The van der Waals surface area contributed by atoms with Crippen molar-refractivity contribution in [3.63, 3.8) is 0 Å². The van der Waals surface area contributed by atoms with E-state index in [1.165, 1.54) is 12.1 Å². The monoisotopic (exact) mass is 399 g/mol. The van der Waals surface area contributed by atoms with Gasteiger partial charge in [-0.2, -0.15) is 0 Å². The molecule has 0 aliphatic rings. The molecule has 26 heavy (non-hydrogen) atoms. The van der Waals surface area contributed by atoms with Gasteiger partial charge in [0, 0.05) is 11.4 Å². The number of carbonyl (C=O) groups is 1. The molecule has 140 valence electrons. The number of nitrogens with zero attached hydrogens (tertiary/aromatic N) is 2. The Bertz CT molecular complexity index is 1030. The molecule has 2 aromatic rings. The smallest absolute Gasteiger partial charge is 0.275 e. The Kier molecular flexibility index (Phi) is 5.59. The summed E-state index contributed by atoms with van der Waals surface area (Å²) in [6.45, 7) is 3.38. The molecule has 0 saturated carbocycles. The van der Waals surface area contributed by atoms with Gasteiger partial charge in [-0.3, -0.25) is 5.32 Å². The predicted octanol–water partition coefficient (Wildman–Crippen LogP) is 0.512. The highest BCUT2D eigenvalue weighted by Gasteiger charge is 2.27. The number of sulfonamides is 2. The van der Waals surface area contributed by atoms with Crippen molar-refractivity contribution >= 4 is 32.0 Å². The molecule has 1 aromatic carbocycles. The molecule has 0 aliphatic carbocycles. The number of benzene rings is 1. The fourth-order valence-corrected chi connectivity index (χ4v) is 4.55. The number of anilines is 1. The van der Waals surface area contributed by atoms with Crippen molar-refractivity contribution < 1.29 is 21.6 Å². The lowest BCUT2D eigenvalue weighted by molar-refractivity contribution is 0.256. The van der Waals surface area contributed by atoms with E-state index in [1.54, 1.807) is 24.6 Å². The van der Waals surface area contributed by atoms with E-state index in [4.69, 9.17) is 0 Å². The van der Waals surface area contributed by atoms with Gasteiger partial charge >= 0.3 is 6.03 Å². The largest absolute Gasteiger partial charge is 0.335 e. The zero-order valence-corrected chi connectivity index (χ0v) is 15.8. The van der Waals surface area contributed by atoms with Gasteiger partial charge in [0.15, 0.2) is 0 Å². The van der Waals surface area contributed by atoms with Crippen LogP contribution in [0.1, 0.15) is 11.4 Å². The predicted molar refractivity (Wildman–Crippen MR) is 93.5 cm³/mol. The molecule has 2 rings (SSSR count). The van der Waals surface area contributed by atoms with Gasteiger partial charge in [-0.1, -0.05) is 12.1 Å². The first-order valence-corrected chi connectivity index (χ1v) is 10.2. The van der Waals surface area contributed by atoms with E-state index >= 15 is 0 Å². The van der Waals surface area contributed by atoms with Gasteiger partial charge in [0.2, 0.25) is 16.0 Å². The fraction of sp³-hybridized carbons (Fsp3) is 0.214. The van der Waals surface area contributed by atoms with Crippen molar-refractivity contribution in [1.29, 1.82) is 0 Å². The maximum atomic E-state index is 12.4. The first-order valence-electron chi connectivity index (χ1n) is 7.24. The average molecular weight is 399 g/mol. The second-order valence-electron chi connectivity index (χ2n) is 5.19. The third-order valence-corrected chi connectivity index (χ3v) is 6.12. The first kappa shape index (κ1) is 19.8. The number of amides is 2. The van der Waals surface area contributed by atoms with E-state index < -0.39 is 35.9 Å². The third kappa shape index (κ3) is 4.53. The third-order valence-electron chi connectivity index (χ3n) is 3.13. The number of urea groups is 1. The zero-order valence-electron chi connectivity index (χ0n) is 14.1. The zero-order chi connectivity index (χ0) is 19.5. The molecule has 0 spiro atoms. The Morgan fingerprint density at radius 1 is 0.923 bits per heavy atom. The minimum absolute atomic E-state index is 0.0775. The maximum absolute atomic E-state index is 12.4. The number of rotatable bonds is 5. The molecule has 3 N–H and O–H groups in total. The number of carbonyl (C=O) groups excluding carboxylic acids is 1. The maximum Gasteiger partial charge on any atom is 0.335 e. The SMILES string of the molecule is CNS(=O)(=O)c1ccccc1S(=O)(=O)NC(=O)Nc1nc(C)cc(C)n1. The van der Waals surface area contributed by atoms with Gasteiger partial charge in [0.25, 0.3) is 10.0 Å². The van der Waals surface area contributed by atoms with Crippen LogP contribution in [0, 0.1) is 13.8 Å². The van der Waals surface area contributed by atoms with Crippen molar-refractivity contribution in [2.75, 3.05) is 12.4 Å². The molecule has 10 nitrogen and oxygen atoms in total. The second-order valence-corrected chi connectivity index (χ2v) is 8.69. The van der Waals surface area contributed by atoms with Crippen LogP contribution in [0.2, 0.25) is 0 Å². The van der Waals surface area contributed by atoms with Crippen LogP contribution in [-0.2, 0) is 20.0 Å². The topological polar surface area (TPSA) is 147 Å². The lowest BCUT2D eigenvalue weighted by Gasteiger charge is -2.12. The molecular weight excluding hydrogens is 382 g/mol. The summed E-state index contributed by atoms with van der Waals surface area (Å²) in [6.07, 6.45) is 0. The second kappa shape index (κ2) is 7.35. The molecule has 0 saturated heterocycles. The minimum Gasteiger partial charge on any atom is -0.275 e. The number of nitrogens with one attached hydrogen (secondary N) is 3. The van der Waals surface area contributed by atoms with Crippen molar-refractivity contribution in [2.45, 2.75) is 23.6 Å². The summed E-state index contributed by atoms with van der Waals surface area (Å²) in [6, 6.07) is 5.46. The molecule has 1 aromatic heterocycles. The highest BCUT2D eigenvalue weighted by molar-refractivity contribution is 7.93. The van der Waals surface area contributed by atoms with Gasteiger partial charge in [-0.05, 0) is 39.1 Å². The van der Waals surface area contributed by atoms with Crippen LogP contribution >= 0.6 is 0 Å². The van der Waals surface area contributed by atoms with E-state index in [1.807, 2.05) is 4.72 Å². The van der Waals surface area contributed by atoms with Crippen LogP contribution in [0.25, 0.3) is 0 Å². The van der Waals surface area contributed by atoms with Crippen molar-refractivity contribution in [3.05, 3.63) is 41.7 Å². The number of aromatic nitrogens is 2. The summed E-state index contributed by atoms with van der Waals surface area (Å²) in [5.41, 5.74) is 1.17. The van der Waals surface area contributed by atoms with Crippen LogP contribution in [0.15, 0.2) is 40.1 Å². The molecular formula is C14H17N5O5S2. The highest BCUT2D eigenvalue weighted by atomic mass is 32.2. The molecule has 0 fully saturated rings. The lowest BCUT2D eigenvalue weighted by atomic mass is 10.4. The van der Waals surface area contributed by atoms with E-state index in [9.17, 15) is 21.6 Å². The fourth-order valence-electron chi connectivity index (χ4n) is 2.09. The van der Waals surface area contributed by atoms with Gasteiger partial charge in [0.1, 0.15) is 9.79 Å². The molecule has 0 bridgehead atoms. The molecule has 0 unspecified atom stereocenters. The van der Waals surface area contributed by atoms with Crippen molar-refractivity contribution in [1.82, 2.24) is 19.4 Å². The van der Waals surface area contributed by atoms with Crippen molar-refractivity contribution in [2.24, 2.45) is 0 Å². The number of hydrogen-bond donors (Lipinski definition) is 3. The molecule has 12 heteroatoms. The van der Waals surface area contributed by atoms with Crippen LogP contribution in [0.5, 0.6) is 0 Å². The summed E-state index contributed by atoms with van der Waals surface area (Å²) < 4.78 is 52.7. The molecule has 0 radical (unpaired) electrons. The Hall–Kier alpha value is -2.57. The highest BCUT2D eigenvalue weighted by Crippen LogP contribution is 2.20. The summed E-state index contributed by atoms with van der Waals surface area (Å²) in [4.78, 5) is 18.9. The molecule has 1 heterocycles. The number of aryl methyl sites for hydroxylation is 2. The number of hydrogen-bond acceptors (Lipinski definition) is 7. The van der Waals surface area contributed by atoms with Crippen LogP contribution in [-0.4, -0.2) is 39.9 Å². The van der Waals surface area contributed by atoms with Gasteiger partial charge in [-0.15, -0.1) is 0 Å². The van der Waals surface area contributed by atoms with E-state index in [-0.39, 0.29) is 5.95 Å². The van der Waals surface area contributed by atoms with Gasteiger partial charge in [-0.25, -0.2) is 41.0 Å². The standard InChI is InChI=1S/C14H17N5O5S2/c1-9-8-10(2)17-13(16-9)18-14(20)19-26(23,24)12-7-5-4-6-11(12)25(21,22)15-3/h4-8,15H,1-3H3,(H2,16,17,18,19,20). The Morgan fingerprint density at radius 2 is 1.42 bits per heavy atom. The molecule has 0 aliphatic heterocycles. The normalized spacial score (nSPS) is 11.8. The lowest BCUT2D eigenvalue weighted by Crippen LogP contribution is -2.36. The van der Waals surface area contributed by atoms with Crippen LogP contribution in [0.3, 0.4) is 0 Å². The van der Waals surface area contributed by atoms with Crippen LogP contribution in [0.4, 0.5) is 10.7 Å². The van der Waals surface area contributed by atoms with Gasteiger partial charge < -0.3 is 0 Å². The Morgan fingerprint density at radius 3 is 1.92 bits per heavy atom. The Labute approximate surface area is 151 Å². The Balaban J connectivity index is 2.31. The van der Waals surface area contributed by atoms with Gasteiger partial charge in [0.05, 0.1) is 0 Å². The summed E-state index contributed by atoms with van der Waals surface area (Å²) in [5, 5.41) is 2.21. The quantitative estimate of drug-likeness (QED) is 0.663. The van der Waals surface area contributed by atoms with Crippen LogP contribution < -0.4 is 14.8 Å². The van der Waals surface area contributed by atoms with Crippen molar-refractivity contribution in [3.8, 4) is 0 Å². The van der Waals surface area contributed by atoms with E-state index in [0.717, 1.165) is 19.2 Å². The molecule has 2 amide bonds. The average Bonchev–Trinajstić information content (AvgIpc) is 2.53. The first-order chi connectivity index (χ1) is 12.0. The summed E-state index contributed by atoms with van der Waals surface area (Å²) >= 11 is 0. The summed E-state index contributed by atoms with van der Waals surface area (Å²) in [5.74, 6) is -0.0775. The van der Waals surface area contributed by atoms with E-state index in [2.05, 4.69) is 15.3 Å². The summed E-state index contributed by atoms with van der Waals surface area (Å²) in [7, 11) is -7.35. The van der Waals surface area contributed by atoms with E-state index in [0.29, 0.717) is 11.4 Å². The minimum atomic E-state index is -4.46. The molecule has 0 atom stereocenters.